The second-order valence-electron chi connectivity index (χ2n) is 3.83. The summed E-state index contributed by atoms with van der Waals surface area (Å²) in [5.74, 6) is -0.436. The Morgan fingerprint density at radius 1 is 1.19 bits per heavy atom. The minimum atomic E-state index is -4.48. The largest absolute Gasteiger partial charge is 0.488 e. The van der Waals surface area contributed by atoms with E-state index in [0.717, 1.165) is 6.07 Å². The molecule has 0 atom stereocenters. The van der Waals surface area contributed by atoms with Crippen molar-refractivity contribution >= 4 is 12.6 Å². The van der Waals surface area contributed by atoms with E-state index in [0.29, 0.717) is 0 Å². The molecule has 16 heavy (non-hydrogen) atoms. The van der Waals surface area contributed by atoms with E-state index in [1.54, 1.807) is 13.8 Å². The topological polar surface area (TPSA) is 40.5 Å². The molecule has 0 unspecified atom stereocenters. The predicted octanol–water partition coefficient (Wildman–Crippen LogP) is 1.51. The minimum absolute atomic E-state index is 0.0648. The highest BCUT2D eigenvalue weighted by molar-refractivity contribution is 6.59. The maximum absolute atomic E-state index is 12.7. The van der Waals surface area contributed by atoms with Gasteiger partial charge in [-0.15, -0.1) is 0 Å². The molecule has 0 radical (unpaired) electrons. The van der Waals surface area contributed by atoms with Gasteiger partial charge in [0, 0.05) is 0 Å². The van der Waals surface area contributed by atoms with Crippen LogP contribution in [0.15, 0.2) is 18.2 Å². The van der Waals surface area contributed by atoms with E-state index in [9.17, 15) is 13.2 Å². The first-order valence-electron chi connectivity index (χ1n) is 4.81. The lowest BCUT2D eigenvalue weighted by atomic mass is 9.73. The first kappa shape index (κ1) is 13.1. The molecule has 0 aliphatic carbocycles. The van der Waals surface area contributed by atoms with Crippen molar-refractivity contribution in [3.05, 3.63) is 29.3 Å². The lowest BCUT2D eigenvalue weighted by molar-refractivity contribution is -0.138. The molecule has 0 aliphatic rings. The minimum Gasteiger partial charge on any atom is -0.423 e. The smallest absolute Gasteiger partial charge is 0.423 e. The van der Waals surface area contributed by atoms with Crippen LogP contribution in [0, 0.1) is 0 Å². The van der Waals surface area contributed by atoms with E-state index in [1.807, 2.05) is 0 Å². The second-order valence-corrected chi connectivity index (χ2v) is 3.83. The molecule has 1 rings (SSSR count). The molecule has 0 aliphatic heterocycles. The summed E-state index contributed by atoms with van der Waals surface area (Å²) in [5, 5.41) is 18.1. The number of benzene rings is 1. The van der Waals surface area contributed by atoms with Crippen molar-refractivity contribution in [3.63, 3.8) is 0 Å². The third kappa shape index (κ3) is 2.57. The van der Waals surface area contributed by atoms with Crippen LogP contribution >= 0.6 is 0 Å². The van der Waals surface area contributed by atoms with E-state index >= 15 is 0 Å². The summed E-state index contributed by atoms with van der Waals surface area (Å²) in [6, 6.07) is 3.40. The summed E-state index contributed by atoms with van der Waals surface area (Å²) in [6.07, 6.45) is -4.48. The van der Waals surface area contributed by atoms with Gasteiger partial charge >= 0.3 is 13.3 Å². The highest BCUT2D eigenvalue weighted by atomic mass is 19.4. The van der Waals surface area contributed by atoms with Crippen LogP contribution in [0.3, 0.4) is 0 Å². The summed E-state index contributed by atoms with van der Waals surface area (Å²) in [5.41, 5.74) is -0.970. The van der Waals surface area contributed by atoms with Gasteiger partial charge in [0.05, 0.1) is 5.56 Å². The molecule has 2 nitrogen and oxygen atoms in total. The average Bonchev–Trinajstić information content (AvgIpc) is 2.14. The lowest BCUT2D eigenvalue weighted by Crippen LogP contribution is -2.35. The lowest BCUT2D eigenvalue weighted by Gasteiger charge is -2.19. The number of hydrogen-bond donors (Lipinski definition) is 2. The van der Waals surface area contributed by atoms with Crippen LogP contribution < -0.4 is 5.46 Å². The maximum atomic E-state index is 12.7. The quantitative estimate of drug-likeness (QED) is 0.758. The fourth-order valence-corrected chi connectivity index (χ4v) is 1.70. The molecule has 88 valence electrons. The molecule has 6 heteroatoms. The summed E-state index contributed by atoms with van der Waals surface area (Å²) < 4.78 is 38.1. The fourth-order valence-electron chi connectivity index (χ4n) is 1.70. The molecule has 0 spiro atoms. The van der Waals surface area contributed by atoms with Gasteiger partial charge in [0.1, 0.15) is 0 Å². The molecular formula is C10H12BF3O2. The molecule has 0 saturated heterocycles. The Morgan fingerprint density at radius 2 is 1.75 bits per heavy atom. The molecule has 0 aromatic heterocycles. The Balaban J connectivity index is 3.45. The Kier molecular flexibility index (Phi) is 3.65. The van der Waals surface area contributed by atoms with Crippen LogP contribution in [0.1, 0.15) is 30.9 Å². The van der Waals surface area contributed by atoms with Crippen LogP contribution in [0.4, 0.5) is 13.2 Å². The molecule has 1 aromatic carbocycles. The van der Waals surface area contributed by atoms with Crippen molar-refractivity contribution in [2.75, 3.05) is 0 Å². The number of hydrogen-bond acceptors (Lipinski definition) is 2. The molecule has 1 aromatic rings. The molecular weight excluding hydrogens is 220 g/mol. The van der Waals surface area contributed by atoms with Crippen molar-refractivity contribution in [1.82, 2.24) is 0 Å². The van der Waals surface area contributed by atoms with Gasteiger partial charge in [0.15, 0.2) is 0 Å². The predicted molar refractivity (Wildman–Crippen MR) is 55.4 cm³/mol. The Bertz CT molecular complexity index is 375. The summed E-state index contributed by atoms with van der Waals surface area (Å²) in [6.45, 7) is 3.16. The van der Waals surface area contributed by atoms with Gasteiger partial charge in [-0.1, -0.05) is 26.0 Å². The summed E-state index contributed by atoms with van der Waals surface area (Å²) in [4.78, 5) is 0. The van der Waals surface area contributed by atoms with E-state index in [4.69, 9.17) is 10.0 Å². The van der Waals surface area contributed by atoms with Gasteiger partial charge < -0.3 is 10.0 Å². The highest BCUT2D eigenvalue weighted by Gasteiger charge is 2.36. The average molecular weight is 232 g/mol. The van der Waals surface area contributed by atoms with Gasteiger partial charge in [-0.25, -0.2) is 0 Å². The van der Waals surface area contributed by atoms with Gasteiger partial charge in [0.2, 0.25) is 0 Å². The fraction of sp³-hybridized carbons (Fsp3) is 0.400. The number of alkyl halides is 3. The van der Waals surface area contributed by atoms with Crippen LogP contribution in [0.25, 0.3) is 0 Å². The molecule has 0 heterocycles. The molecule has 0 saturated carbocycles. The van der Waals surface area contributed by atoms with Gasteiger partial charge in [-0.05, 0) is 23.0 Å². The van der Waals surface area contributed by atoms with E-state index in [1.165, 1.54) is 12.1 Å². The van der Waals surface area contributed by atoms with E-state index in [-0.39, 0.29) is 11.0 Å². The Hall–Kier alpha value is -1.01. The van der Waals surface area contributed by atoms with Gasteiger partial charge in [0.25, 0.3) is 0 Å². The Labute approximate surface area is 91.9 Å². The zero-order valence-corrected chi connectivity index (χ0v) is 8.92. The van der Waals surface area contributed by atoms with Crippen molar-refractivity contribution in [2.24, 2.45) is 0 Å². The standard InChI is InChI=1S/C10H12BF3O2/c1-6(2)9-7(10(12,13)14)4-3-5-8(9)11(15)16/h3-6,15-16H,1-2H3. The molecule has 0 amide bonds. The van der Waals surface area contributed by atoms with Crippen LogP contribution in [0.5, 0.6) is 0 Å². The van der Waals surface area contributed by atoms with Crippen molar-refractivity contribution in [2.45, 2.75) is 25.9 Å². The summed E-state index contributed by atoms with van der Waals surface area (Å²) in [7, 11) is -1.89. The van der Waals surface area contributed by atoms with Crippen molar-refractivity contribution < 1.29 is 23.2 Å². The monoisotopic (exact) mass is 232 g/mol. The molecule has 0 fully saturated rings. The second kappa shape index (κ2) is 4.47. The maximum Gasteiger partial charge on any atom is 0.488 e. The first-order chi connectivity index (χ1) is 7.25. The zero-order chi connectivity index (χ0) is 12.5. The Morgan fingerprint density at radius 3 is 2.12 bits per heavy atom. The van der Waals surface area contributed by atoms with Crippen molar-refractivity contribution in [3.8, 4) is 0 Å². The van der Waals surface area contributed by atoms with Crippen molar-refractivity contribution in [1.29, 1.82) is 0 Å². The van der Waals surface area contributed by atoms with E-state index in [2.05, 4.69) is 0 Å². The highest BCUT2D eigenvalue weighted by Crippen LogP contribution is 2.34. The van der Waals surface area contributed by atoms with Crippen LogP contribution in [-0.4, -0.2) is 17.2 Å². The van der Waals surface area contributed by atoms with E-state index < -0.39 is 24.8 Å². The summed E-state index contributed by atoms with van der Waals surface area (Å²) >= 11 is 0. The third-order valence-corrected chi connectivity index (χ3v) is 2.30. The first-order valence-corrected chi connectivity index (χ1v) is 4.81. The number of halogens is 3. The van der Waals surface area contributed by atoms with Crippen LogP contribution in [-0.2, 0) is 6.18 Å². The SMILES string of the molecule is CC(C)c1c(B(O)O)cccc1C(F)(F)F. The molecule has 2 N–H and O–H groups in total. The van der Waals surface area contributed by atoms with Gasteiger partial charge in [-0.3, -0.25) is 0 Å². The number of rotatable bonds is 2. The third-order valence-electron chi connectivity index (χ3n) is 2.30. The van der Waals surface area contributed by atoms with Crippen LogP contribution in [0.2, 0.25) is 0 Å². The molecule has 0 bridgehead atoms. The zero-order valence-electron chi connectivity index (χ0n) is 8.92. The van der Waals surface area contributed by atoms with Gasteiger partial charge in [-0.2, -0.15) is 13.2 Å². The normalized spacial score (nSPS) is 12.0.